The number of nitrogens with one attached hydrogen (secondary N) is 1. The minimum atomic E-state index is -0.903. The third kappa shape index (κ3) is 3.93. The van der Waals surface area contributed by atoms with Crippen LogP contribution in [0.1, 0.15) is 30.7 Å². The molecule has 0 bridgehead atoms. The molecule has 0 fully saturated rings. The average Bonchev–Trinajstić information content (AvgIpc) is 2.94. The Morgan fingerprint density at radius 3 is 2.96 bits per heavy atom. The van der Waals surface area contributed by atoms with Crippen LogP contribution in [0.2, 0.25) is 0 Å². The summed E-state index contributed by atoms with van der Waals surface area (Å²) in [7, 11) is 0. The molecule has 0 aliphatic heterocycles. The summed E-state index contributed by atoms with van der Waals surface area (Å²) in [6.45, 7) is 7.88. The van der Waals surface area contributed by atoms with Crippen LogP contribution in [0.4, 0.5) is 4.79 Å². The second-order valence-electron chi connectivity index (χ2n) is 6.74. The number of thioether (sulfide) groups is 1. The summed E-state index contributed by atoms with van der Waals surface area (Å²) in [5.74, 6) is 0.0821. The lowest BCUT2D eigenvalue weighted by atomic mass is 9.89. The Hall–Kier alpha value is -2.13. The van der Waals surface area contributed by atoms with E-state index in [1.807, 2.05) is 0 Å². The Kier molecular flexibility index (Phi) is 5.71. The maximum atomic E-state index is 13.2. The van der Waals surface area contributed by atoms with Crippen molar-refractivity contribution in [1.29, 1.82) is 0 Å². The van der Waals surface area contributed by atoms with Gasteiger partial charge in [0.2, 0.25) is 5.91 Å². The number of amides is 3. The number of fused-ring (bicyclic) bond motifs is 3. The molecule has 2 heterocycles. The number of carbonyl (C=O) groups is 2. The van der Waals surface area contributed by atoms with Crippen molar-refractivity contribution < 1.29 is 9.59 Å². The molecule has 3 N–H and O–H groups in total. The molecule has 0 radical (unpaired) electrons. The zero-order chi connectivity index (χ0) is 19.7. The van der Waals surface area contributed by atoms with E-state index < -0.39 is 17.2 Å². The number of aromatic nitrogens is 2. The number of aryl methyl sites for hydroxylation is 1. The van der Waals surface area contributed by atoms with Gasteiger partial charge in [-0.2, -0.15) is 0 Å². The topological polar surface area (TPSA) is 107 Å². The van der Waals surface area contributed by atoms with Gasteiger partial charge in [0.25, 0.3) is 5.56 Å². The summed E-state index contributed by atoms with van der Waals surface area (Å²) < 4.78 is 1.54. The van der Waals surface area contributed by atoms with Crippen molar-refractivity contribution in [3.8, 4) is 0 Å². The molecule has 2 unspecified atom stereocenters. The lowest BCUT2D eigenvalue weighted by molar-refractivity contribution is -0.119. The Labute approximate surface area is 165 Å². The first-order valence-electron chi connectivity index (χ1n) is 8.74. The molecular formula is C18H22N4O3S2. The van der Waals surface area contributed by atoms with Gasteiger partial charge in [-0.05, 0) is 37.7 Å². The van der Waals surface area contributed by atoms with Gasteiger partial charge >= 0.3 is 6.03 Å². The lowest BCUT2D eigenvalue weighted by Gasteiger charge is -2.18. The molecule has 1 aliphatic carbocycles. The maximum Gasteiger partial charge on any atom is 0.318 e. The maximum absolute atomic E-state index is 13.2. The second kappa shape index (κ2) is 7.85. The van der Waals surface area contributed by atoms with Crippen molar-refractivity contribution in [3.63, 3.8) is 0 Å². The number of allylic oxidation sites excluding steroid dienone is 1. The quantitative estimate of drug-likeness (QED) is 0.451. The summed E-state index contributed by atoms with van der Waals surface area (Å²) >= 11 is 2.69. The molecule has 0 saturated heterocycles. The number of primary amides is 1. The van der Waals surface area contributed by atoms with Crippen molar-refractivity contribution in [2.45, 2.75) is 50.1 Å². The number of hydrogen-bond donors (Lipinski definition) is 2. The minimum Gasteiger partial charge on any atom is -0.351 e. The van der Waals surface area contributed by atoms with Crippen molar-refractivity contribution >= 4 is 45.3 Å². The Balaban J connectivity index is 2.06. The fraction of sp³-hybridized carbons (Fsp3) is 0.444. The van der Waals surface area contributed by atoms with Gasteiger partial charge in [-0.3, -0.25) is 19.5 Å². The third-order valence-corrected chi connectivity index (χ3v) is 6.83. The summed E-state index contributed by atoms with van der Waals surface area (Å²) in [4.78, 5) is 42.7. The Bertz CT molecular complexity index is 979. The third-order valence-electron chi connectivity index (χ3n) is 4.59. The van der Waals surface area contributed by atoms with Gasteiger partial charge in [-0.25, -0.2) is 9.78 Å². The molecule has 0 saturated carbocycles. The number of hydrogen-bond acceptors (Lipinski definition) is 6. The fourth-order valence-corrected chi connectivity index (χ4v) is 5.56. The van der Waals surface area contributed by atoms with E-state index in [4.69, 9.17) is 5.73 Å². The first-order chi connectivity index (χ1) is 12.8. The highest BCUT2D eigenvalue weighted by atomic mass is 32.2. The summed E-state index contributed by atoms with van der Waals surface area (Å²) in [5, 5.41) is 2.56. The number of rotatable bonds is 5. The second-order valence-corrected chi connectivity index (χ2v) is 9.14. The predicted molar refractivity (Wildman–Crippen MR) is 108 cm³/mol. The van der Waals surface area contributed by atoms with Gasteiger partial charge in [0, 0.05) is 11.4 Å². The van der Waals surface area contributed by atoms with E-state index in [1.54, 1.807) is 28.9 Å². The van der Waals surface area contributed by atoms with Gasteiger partial charge in [0.05, 0.1) is 10.6 Å². The van der Waals surface area contributed by atoms with E-state index in [9.17, 15) is 14.4 Å². The van der Waals surface area contributed by atoms with E-state index in [0.717, 1.165) is 36.6 Å². The summed E-state index contributed by atoms with van der Waals surface area (Å²) in [6, 6.07) is -0.903. The van der Waals surface area contributed by atoms with Crippen LogP contribution in [-0.4, -0.2) is 26.7 Å². The zero-order valence-corrected chi connectivity index (χ0v) is 16.9. The van der Waals surface area contributed by atoms with E-state index in [0.29, 0.717) is 27.8 Å². The highest BCUT2D eigenvalue weighted by molar-refractivity contribution is 8.00. The molecule has 7 nitrogen and oxygen atoms in total. The van der Waals surface area contributed by atoms with Crippen LogP contribution in [0.15, 0.2) is 22.6 Å². The van der Waals surface area contributed by atoms with E-state index >= 15 is 0 Å². The van der Waals surface area contributed by atoms with Gasteiger partial charge < -0.3 is 5.73 Å². The molecule has 27 heavy (non-hydrogen) atoms. The molecule has 2 aromatic heterocycles. The van der Waals surface area contributed by atoms with Gasteiger partial charge in [-0.15, -0.1) is 17.9 Å². The predicted octanol–water partition coefficient (Wildman–Crippen LogP) is 2.44. The number of thiophene rings is 1. The van der Waals surface area contributed by atoms with Crippen LogP contribution >= 0.6 is 23.1 Å². The molecule has 2 atom stereocenters. The zero-order valence-electron chi connectivity index (χ0n) is 15.3. The molecule has 3 rings (SSSR count). The van der Waals surface area contributed by atoms with E-state index in [-0.39, 0.29) is 5.56 Å². The Morgan fingerprint density at radius 1 is 1.56 bits per heavy atom. The monoisotopic (exact) mass is 406 g/mol. The normalized spacial score (nSPS) is 17.3. The van der Waals surface area contributed by atoms with Crippen LogP contribution in [0.5, 0.6) is 0 Å². The first-order valence-corrected chi connectivity index (χ1v) is 10.4. The first kappa shape index (κ1) is 19.6. The van der Waals surface area contributed by atoms with E-state index in [2.05, 4.69) is 23.8 Å². The number of urea groups is 1. The molecule has 144 valence electrons. The fourth-order valence-electron chi connectivity index (χ4n) is 3.22. The SMILES string of the molecule is C=CCn1c(SC(C)C(=O)NC(N)=O)nc2sc3c(c2c1=O)CCC(C)C3. The molecular weight excluding hydrogens is 384 g/mol. The summed E-state index contributed by atoms with van der Waals surface area (Å²) in [5.41, 5.74) is 6.03. The van der Waals surface area contributed by atoms with Gasteiger partial charge in [0.1, 0.15) is 4.83 Å². The molecule has 9 heteroatoms. The van der Waals surface area contributed by atoms with Crippen LogP contribution in [0, 0.1) is 5.92 Å². The van der Waals surface area contributed by atoms with Crippen LogP contribution in [-0.2, 0) is 24.2 Å². The molecule has 1 aliphatic rings. The van der Waals surface area contributed by atoms with Gasteiger partial charge in [0.15, 0.2) is 5.16 Å². The highest BCUT2D eigenvalue weighted by Crippen LogP contribution is 2.36. The Morgan fingerprint density at radius 2 is 2.30 bits per heavy atom. The average molecular weight is 407 g/mol. The summed E-state index contributed by atoms with van der Waals surface area (Å²) in [6.07, 6.45) is 4.57. The van der Waals surface area contributed by atoms with Gasteiger partial charge in [-0.1, -0.05) is 24.8 Å². The molecule has 0 aromatic carbocycles. The highest BCUT2D eigenvalue weighted by Gasteiger charge is 2.26. The lowest BCUT2D eigenvalue weighted by Crippen LogP contribution is -2.39. The van der Waals surface area contributed by atoms with Crippen molar-refractivity contribution in [3.05, 3.63) is 33.4 Å². The largest absolute Gasteiger partial charge is 0.351 e. The van der Waals surface area contributed by atoms with Crippen molar-refractivity contribution in [2.24, 2.45) is 11.7 Å². The van der Waals surface area contributed by atoms with Crippen LogP contribution < -0.4 is 16.6 Å². The number of nitrogens with two attached hydrogens (primary N) is 1. The van der Waals surface area contributed by atoms with Crippen molar-refractivity contribution in [1.82, 2.24) is 14.9 Å². The molecule has 2 aromatic rings. The number of nitrogens with zero attached hydrogens (tertiary/aromatic N) is 2. The van der Waals surface area contributed by atoms with Crippen LogP contribution in [0.25, 0.3) is 10.2 Å². The van der Waals surface area contributed by atoms with Crippen LogP contribution in [0.3, 0.4) is 0 Å². The number of imide groups is 1. The standard InChI is InChI=1S/C18H22N4O3S2/c1-4-7-22-16(24)13-11-6-5-9(2)8-12(11)27-15(13)21-18(22)26-10(3)14(23)20-17(19)25/h4,9-10H,1,5-8H2,2-3H3,(H3,19,20,23,25). The smallest absolute Gasteiger partial charge is 0.318 e. The molecule has 0 spiro atoms. The minimum absolute atomic E-state index is 0.100. The van der Waals surface area contributed by atoms with E-state index in [1.165, 1.54) is 4.88 Å². The number of carbonyl (C=O) groups excluding carboxylic acids is 2. The molecule has 3 amide bonds. The van der Waals surface area contributed by atoms with Crippen molar-refractivity contribution in [2.75, 3.05) is 0 Å².